The number of methoxy groups -OCH3 is 1. The highest BCUT2D eigenvalue weighted by molar-refractivity contribution is 8.00. The molecule has 1 unspecified atom stereocenters. The van der Waals surface area contributed by atoms with Gasteiger partial charge in [0.1, 0.15) is 6.61 Å². The number of thioether (sulfide) groups is 1. The second-order valence-electron chi connectivity index (χ2n) is 5.42. The topological polar surface area (TPSA) is 54.9 Å². The lowest BCUT2D eigenvalue weighted by Gasteiger charge is -2.15. The third kappa shape index (κ3) is 5.57. The molecule has 1 atom stereocenters. The summed E-state index contributed by atoms with van der Waals surface area (Å²) in [4.78, 5) is 4.27. The maximum Gasteiger partial charge on any atom is 0.191 e. The molecule has 2 N–H and O–H groups in total. The van der Waals surface area contributed by atoms with Crippen molar-refractivity contribution in [3.05, 3.63) is 23.8 Å². The molecule has 6 heteroatoms. The number of ether oxygens (including phenoxy) is 2. The first kappa shape index (κ1) is 18.3. The molecule has 0 spiro atoms. The van der Waals surface area contributed by atoms with Crippen molar-refractivity contribution in [2.24, 2.45) is 4.99 Å². The van der Waals surface area contributed by atoms with E-state index in [-0.39, 0.29) is 6.61 Å². The molecule has 1 saturated heterocycles. The molecular formula is C18H25N3O2S. The number of rotatable bonds is 7. The van der Waals surface area contributed by atoms with Crippen LogP contribution in [0.1, 0.15) is 18.4 Å². The molecule has 1 aromatic carbocycles. The van der Waals surface area contributed by atoms with Crippen LogP contribution in [-0.2, 0) is 6.54 Å². The molecule has 1 fully saturated rings. The van der Waals surface area contributed by atoms with E-state index in [1.807, 2.05) is 30.0 Å². The molecular weight excluding hydrogens is 322 g/mol. The molecule has 24 heavy (non-hydrogen) atoms. The van der Waals surface area contributed by atoms with Crippen molar-refractivity contribution in [2.45, 2.75) is 24.6 Å². The lowest BCUT2D eigenvalue weighted by molar-refractivity contribution is 0.330. The normalized spacial score (nSPS) is 17.2. The summed E-state index contributed by atoms with van der Waals surface area (Å²) >= 11 is 2.03. The number of hydrogen-bond donors (Lipinski definition) is 2. The van der Waals surface area contributed by atoms with Crippen LogP contribution >= 0.6 is 11.8 Å². The molecule has 130 valence electrons. The maximum atomic E-state index is 5.53. The molecule has 1 heterocycles. The van der Waals surface area contributed by atoms with Gasteiger partial charge in [-0.1, -0.05) is 12.0 Å². The molecule has 0 amide bonds. The minimum Gasteiger partial charge on any atom is -0.493 e. The second-order valence-corrected chi connectivity index (χ2v) is 6.83. The average Bonchev–Trinajstić information content (AvgIpc) is 3.13. The lowest BCUT2D eigenvalue weighted by atomic mass is 10.2. The Morgan fingerprint density at radius 3 is 2.96 bits per heavy atom. The van der Waals surface area contributed by atoms with Crippen LogP contribution in [0.4, 0.5) is 0 Å². The van der Waals surface area contributed by atoms with Crippen molar-refractivity contribution in [2.75, 3.05) is 33.1 Å². The van der Waals surface area contributed by atoms with Gasteiger partial charge in [-0.25, -0.2) is 0 Å². The van der Waals surface area contributed by atoms with E-state index in [2.05, 4.69) is 21.5 Å². The fourth-order valence-corrected chi connectivity index (χ4v) is 3.69. The van der Waals surface area contributed by atoms with Gasteiger partial charge >= 0.3 is 0 Å². The van der Waals surface area contributed by atoms with E-state index in [4.69, 9.17) is 15.9 Å². The number of aliphatic imine (C=N–C) groups is 1. The van der Waals surface area contributed by atoms with Crippen LogP contribution in [0.15, 0.2) is 23.2 Å². The summed E-state index contributed by atoms with van der Waals surface area (Å²) in [6, 6.07) is 5.81. The van der Waals surface area contributed by atoms with E-state index in [1.54, 1.807) is 14.2 Å². The largest absolute Gasteiger partial charge is 0.493 e. The molecule has 5 nitrogen and oxygen atoms in total. The van der Waals surface area contributed by atoms with Crippen molar-refractivity contribution in [1.29, 1.82) is 0 Å². The summed E-state index contributed by atoms with van der Waals surface area (Å²) in [5, 5.41) is 7.40. The zero-order valence-corrected chi connectivity index (χ0v) is 15.1. The maximum absolute atomic E-state index is 5.53. The van der Waals surface area contributed by atoms with Crippen LogP contribution < -0.4 is 20.1 Å². The summed E-state index contributed by atoms with van der Waals surface area (Å²) < 4.78 is 10.8. The van der Waals surface area contributed by atoms with Crippen LogP contribution in [0.2, 0.25) is 0 Å². The number of benzene rings is 1. The van der Waals surface area contributed by atoms with E-state index in [0.29, 0.717) is 23.3 Å². The Morgan fingerprint density at radius 2 is 2.29 bits per heavy atom. The van der Waals surface area contributed by atoms with Gasteiger partial charge in [0.25, 0.3) is 0 Å². The first-order valence-corrected chi connectivity index (χ1v) is 9.11. The summed E-state index contributed by atoms with van der Waals surface area (Å²) in [6.45, 7) is 1.81. The summed E-state index contributed by atoms with van der Waals surface area (Å²) in [7, 11) is 3.40. The predicted octanol–water partition coefficient (Wildman–Crippen LogP) is 2.27. The van der Waals surface area contributed by atoms with Gasteiger partial charge < -0.3 is 20.1 Å². The number of guanidine groups is 1. The molecule has 1 aliphatic rings. The van der Waals surface area contributed by atoms with Gasteiger partial charge in [0.15, 0.2) is 17.5 Å². The van der Waals surface area contributed by atoms with Crippen molar-refractivity contribution < 1.29 is 9.47 Å². The molecule has 0 aliphatic carbocycles. The molecule has 1 aromatic rings. The Labute approximate surface area is 148 Å². The Kier molecular flexibility index (Phi) is 7.63. The number of terminal acetylenes is 1. The molecule has 0 saturated carbocycles. The van der Waals surface area contributed by atoms with E-state index >= 15 is 0 Å². The molecule has 1 aliphatic heterocycles. The fraction of sp³-hybridized carbons (Fsp3) is 0.500. The highest BCUT2D eigenvalue weighted by Gasteiger charge is 2.15. The van der Waals surface area contributed by atoms with E-state index in [0.717, 1.165) is 18.1 Å². The molecule has 0 radical (unpaired) electrons. The van der Waals surface area contributed by atoms with Crippen LogP contribution in [0.3, 0.4) is 0 Å². The van der Waals surface area contributed by atoms with Crippen molar-refractivity contribution >= 4 is 17.7 Å². The first-order chi connectivity index (χ1) is 11.8. The summed E-state index contributed by atoms with van der Waals surface area (Å²) in [5.74, 6) is 5.87. The van der Waals surface area contributed by atoms with Crippen molar-refractivity contribution in [1.82, 2.24) is 10.6 Å². The van der Waals surface area contributed by atoms with E-state index in [1.165, 1.54) is 18.6 Å². The summed E-state index contributed by atoms with van der Waals surface area (Å²) in [5.41, 5.74) is 1.07. The van der Waals surface area contributed by atoms with Crippen LogP contribution in [-0.4, -0.2) is 44.3 Å². The third-order valence-electron chi connectivity index (χ3n) is 3.74. The third-order valence-corrected chi connectivity index (χ3v) is 5.14. The van der Waals surface area contributed by atoms with E-state index in [9.17, 15) is 0 Å². The Bertz CT molecular complexity index is 592. The number of nitrogens with zero attached hydrogens (tertiary/aromatic N) is 1. The smallest absolute Gasteiger partial charge is 0.191 e. The minimum atomic E-state index is 0.218. The quantitative estimate of drug-likeness (QED) is 0.450. The summed E-state index contributed by atoms with van der Waals surface area (Å²) in [6.07, 6.45) is 7.85. The standard InChI is InChI=1S/C18H25N3O2S/c1-4-9-23-17-11-14(7-8-16(17)22-3)12-20-18(19-2)21-13-15-6-5-10-24-15/h1,7-8,11,15H,5-6,9-10,12-13H2,2-3H3,(H2,19,20,21). The first-order valence-electron chi connectivity index (χ1n) is 8.06. The zero-order chi connectivity index (χ0) is 17.2. The van der Waals surface area contributed by atoms with Crippen molar-refractivity contribution in [3.8, 4) is 23.8 Å². The van der Waals surface area contributed by atoms with E-state index < -0.39 is 0 Å². The SMILES string of the molecule is C#CCOc1cc(CNC(=NC)NCC2CCCS2)ccc1OC. The predicted molar refractivity (Wildman–Crippen MR) is 101 cm³/mol. The van der Waals surface area contributed by atoms with Gasteiger partial charge in [0.05, 0.1) is 7.11 Å². The highest BCUT2D eigenvalue weighted by atomic mass is 32.2. The highest BCUT2D eigenvalue weighted by Crippen LogP contribution is 2.28. The molecule has 2 rings (SSSR count). The Hall–Kier alpha value is -2.00. The number of nitrogens with one attached hydrogen (secondary N) is 2. The van der Waals surface area contributed by atoms with Gasteiger partial charge in [0.2, 0.25) is 0 Å². The minimum absolute atomic E-state index is 0.218. The van der Waals surface area contributed by atoms with Crippen molar-refractivity contribution in [3.63, 3.8) is 0 Å². The average molecular weight is 347 g/mol. The van der Waals surface area contributed by atoms with Gasteiger partial charge in [0, 0.05) is 25.4 Å². The van der Waals surface area contributed by atoms with Gasteiger partial charge in [-0.15, -0.1) is 6.42 Å². The Morgan fingerprint density at radius 1 is 1.42 bits per heavy atom. The lowest BCUT2D eigenvalue weighted by Crippen LogP contribution is -2.39. The fourth-order valence-electron chi connectivity index (χ4n) is 2.49. The van der Waals surface area contributed by atoms with Crippen LogP contribution in [0.25, 0.3) is 0 Å². The number of hydrogen-bond acceptors (Lipinski definition) is 4. The molecule has 0 bridgehead atoms. The van der Waals surface area contributed by atoms with Gasteiger partial charge in [-0.3, -0.25) is 4.99 Å². The monoisotopic (exact) mass is 347 g/mol. The van der Waals surface area contributed by atoms with Crippen LogP contribution in [0, 0.1) is 12.3 Å². The van der Waals surface area contributed by atoms with Gasteiger partial charge in [-0.2, -0.15) is 11.8 Å². The zero-order valence-electron chi connectivity index (χ0n) is 14.3. The Balaban J connectivity index is 1.88. The molecule has 0 aromatic heterocycles. The van der Waals surface area contributed by atoms with Gasteiger partial charge in [-0.05, 0) is 36.3 Å². The van der Waals surface area contributed by atoms with Crippen LogP contribution in [0.5, 0.6) is 11.5 Å². The second kappa shape index (κ2) is 9.99.